The lowest BCUT2D eigenvalue weighted by Gasteiger charge is -2.18. The Morgan fingerprint density at radius 1 is 1.29 bits per heavy atom. The van der Waals surface area contributed by atoms with Gasteiger partial charge in [-0.3, -0.25) is 4.79 Å². The Hall–Kier alpha value is -1.35. The van der Waals surface area contributed by atoms with E-state index in [1.807, 2.05) is 38.1 Å². The number of methoxy groups -OCH3 is 1. The number of benzene rings is 1. The topological polar surface area (TPSA) is 46.5 Å². The fraction of sp³-hybridized carbons (Fsp3) is 0.500. The molecule has 0 radical (unpaired) electrons. The van der Waals surface area contributed by atoms with E-state index in [-0.39, 0.29) is 24.4 Å². The van der Waals surface area contributed by atoms with Gasteiger partial charge in [-0.15, -0.1) is 0 Å². The third-order valence-corrected chi connectivity index (χ3v) is 3.26. The summed E-state index contributed by atoms with van der Waals surface area (Å²) in [5.41, 5.74) is 2.02. The number of aliphatic hydroxyl groups excluding tert-OH is 1. The van der Waals surface area contributed by atoms with Crippen LogP contribution in [0.3, 0.4) is 0 Å². The lowest BCUT2D eigenvalue weighted by molar-refractivity contribution is -0.146. The molecule has 0 saturated carbocycles. The van der Waals surface area contributed by atoms with E-state index in [0.29, 0.717) is 0 Å². The van der Waals surface area contributed by atoms with Crippen molar-refractivity contribution in [3.63, 3.8) is 0 Å². The van der Waals surface area contributed by atoms with Crippen LogP contribution in [0.5, 0.6) is 0 Å². The molecule has 0 heterocycles. The number of hydrogen-bond acceptors (Lipinski definition) is 3. The van der Waals surface area contributed by atoms with E-state index in [0.717, 1.165) is 17.5 Å². The largest absolute Gasteiger partial charge is 0.469 e. The summed E-state index contributed by atoms with van der Waals surface area (Å²) in [5.74, 6) is -0.124. The number of esters is 1. The van der Waals surface area contributed by atoms with Crippen LogP contribution < -0.4 is 0 Å². The molecule has 0 spiro atoms. The molecule has 17 heavy (non-hydrogen) atoms. The molecule has 0 bridgehead atoms. The summed E-state index contributed by atoms with van der Waals surface area (Å²) in [6, 6.07) is 7.75. The molecule has 2 atom stereocenters. The molecular formula is C14H20O3. The molecule has 94 valence electrons. The molecule has 3 nitrogen and oxygen atoms in total. The van der Waals surface area contributed by atoms with E-state index in [2.05, 4.69) is 0 Å². The van der Waals surface area contributed by atoms with Gasteiger partial charge < -0.3 is 9.84 Å². The molecule has 1 N–H and O–H groups in total. The van der Waals surface area contributed by atoms with Gasteiger partial charge in [0.1, 0.15) is 0 Å². The molecule has 1 aromatic rings. The highest BCUT2D eigenvalue weighted by molar-refractivity contribution is 5.72. The minimum Gasteiger partial charge on any atom is -0.469 e. The Labute approximate surface area is 102 Å². The van der Waals surface area contributed by atoms with E-state index >= 15 is 0 Å². The molecule has 0 aliphatic carbocycles. The molecule has 0 aliphatic rings. The predicted octanol–water partition coefficient (Wildman–Crippen LogP) is 2.17. The van der Waals surface area contributed by atoms with Crippen LogP contribution in [0, 0.1) is 11.8 Å². The second-order valence-electron chi connectivity index (χ2n) is 4.42. The second-order valence-corrected chi connectivity index (χ2v) is 4.42. The van der Waals surface area contributed by atoms with Crippen molar-refractivity contribution in [2.45, 2.75) is 26.9 Å². The zero-order valence-corrected chi connectivity index (χ0v) is 10.6. The highest BCUT2D eigenvalue weighted by Crippen LogP contribution is 2.20. The Kier molecular flexibility index (Phi) is 5.16. The average Bonchev–Trinajstić information content (AvgIpc) is 2.37. The molecule has 0 aromatic heterocycles. The molecule has 0 aliphatic heterocycles. The van der Waals surface area contributed by atoms with Gasteiger partial charge in [0.05, 0.1) is 19.6 Å². The maximum Gasteiger partial charge on any atom is 0.308 e. The van der Waals surface area contributed by atoms with Crippen molar-refractivity contribution in [3.05, 3.63) is 35.4 Å². The van der Waals surface area contributed by atoms with Crippen LogP contribution in [-0.4, -0.2) is 18.2 Å². The monoisotopic (exact) mass is 236 g/mol. The maximum absolute atomic E-state index is 11.4. The zero-order valence-electron chi connectivity index (χ0n) is 10.6. The van der Waals surface area contributed by atoms with E-state index in [1.165, 1.54) is 7.11 Å². The lowest BCUT2D eigenvalue weighted by atomic mass is 9.88. The van der Waals surface area contributed by atoms with Crippen LogP contribution in [0.1, 0.15) is 25.0 Å². The first-order valence-corrected chi connectivity index (χ1v) is 5.85. The predicted molar refractivity (Wildman–Crippen MR) is 66.4 cm³/mol. The normalized spacial score (nSPS) is 14.1. The van der Waals surface area contributed by atoms with Crippen LogP contribution >= 0.6 is 0 Å². The second kappa shape index (κ2) is 6.40. The van der Waals surface area contributed by atoms with Crippen LogP contribution in [0.15, 0.2) is 24.3 Å². The van der Waals surface area contributed by atoms with Gasteiger partial charge in [0.25, 0.3) is 0 Å². The maximum atomic E-state index is 11.4. The van der Waals surface area contributed by atoms with Crippen molar-refractivity contribution >= 4 is 5.97 Å². The quantitative estimate of drug-likeness (QED) is 0.797. The minimum atomic E-state index is -0.182. The smallest absolute Gasteiger partial charge is 0.308 e. The SMILES string of the molecule is COC(=O)C(C)C(C)Cc1ccccc1CO. The van der Waals surface area contributed by atoms with Gasteiger partial charge >= 0.3 is 5.97 Å². The number of rotatable bonds is 5. The molecule has 2 unspecified atom stereocenters. The molecule has 0 saturated heterocycles. The lowest BCUT2D eigenvalue weighted by Crippen LogP contribution is -2.22. The van der Waals surface area contributed by atoms with Crippen molar-refractivity contribution < 1.29 is 14.6 Å². The first kappa shape index (κ1) is 13.7. The fourth-order valence-electron chi connectivity index (χ4n) is 1.85. The van der Waals surface area contributed by atoms with Crippen molar-refractivity contribution in [2.75, 3.05) is 7.11 Å². The molecule has 0 amide bonds. The van der Waals surface area contributed by atoms with Gasteiger partial charge in [0.2, 0.25) is 0 Å². The number of carbonyl (C=O) groups is 1. The van der Waals surface area contributed by atoms with Crippen LogP contribution in [0.2, 0.25) is 0 Å². The van der Waals surface area contributed by atoms with E-state index < -0.39 is 0 Å². The summed E-state index contributed by atoms with van der Waals surface area (Å²) in [6.45, 7) is 3.93. The van der Waals surface area contributed by atoms with E-state index in [1.54, 1.807) is 0 Å². The molecule has 0 fully saturated rings. The van der Waals surface area contributed by atoms with E-state index in [9.17, 15) is 9.90 Å². The fourth-order valence-corrected chi connectivity index (χ4v) is 1.85. The Morgan fingerprint density at radius 3 is 2.41 bits per heavy atom. The summed E-state index contributed by atoms with van der Waals surface area (Å²) in [4.78, 5) is 11.4. The van der Waals surface area contributed by atoms with Crippen molar-refractivity contribution in [1.82, 2.24) is 0 Å². The van der Waals surface area contributed by atoms with Gasteiger partial charge in [0.15, 0.2) is 0 Å². The van der Waals surface area contributed by atoms with Crippen LogP contribution in [-0.2, 0) is 22.6 Å². The number of carbonyl (C=O) groups excluding carboxylic acids is 1. The summed E-state index contributed by atoms with van der Waals surface area (Å²) >= 11 is 0. The molecule has 1 rings (SSSR count). The minimum absolute atomic E-state index is 0.0372. The standard InChI is InChI=1S/C14H20O3/c1-10(11(2)14(16)17-3)8-12-6-4-5-7-13(12)9-15/h4-7,10-11,15H,8-9H2,1-3H3. The van der Waals surface area contributed by atoms with Crippen molar-refractivity contribution in [3.8, 4) is 0 Å². The first-order valence-electron chi connectivity index (χ1n) is 5.85. The molecule has 3 heteroatoms. The Balaban J connectivity index is 2.73. The number of ether oxygens (including phenoxy) is 1. The molecule has 1 aromatic carbocycles. The summed E-state index contributed by atoms with van der Waals surface area (Å²) in [7, 11) is 1.41. The van der Waals surface area contributed by atoms with Crippen molar-refractivity contribution in [1.29, 1.82) is 0 Å². The van der Waals surface area contributed by atoms with Gasteiger partial charge in [-0.1, -0.05) is 38.1 Å². The Morgan fingerprint density at radius 2 is 1.88 bits per heavy atom. The molecular weight excluding hydrogens is 216 g/mol. The van der Waals surface area contributed by atoms with Gasteiger partial charge in [-0.05, 0) is 23.5 Å². The third kappa shape index (κ3) is 3.56. The average molecular weight is 236 g/mol. The third-order valence-electron chi connectivity index (χ3n) is 3.26. The van der Waals surface area contributed by atoms with Crippen molar-refractivity contribution in [2.24, 2.45) is 11.8 Å². The highest BCUT2D eigenvalue weighted by Gasteiger charge is 2.21. The Bertz CT molecular complexity index is 373. The van der Waals surface area contributed by atoms with Crippen LogP contribution in [0.4, 0.5) is 0 Å². The number of aliphatic hydroxyl groups is 1. The summed E-state index contributed by atoms with van der Waals surface area (Å²) in [6.07, 6.45) is 0.771. The van der Waals surface area contributed by atoms with Gasteiger partial charge in [-0.2, -0.15) is 0 Å². The summed E-state index contributed by atoms with van der Waals surface area (Å²) < 4.78 is 4.74. The zero-order chi connectivity index (χ0) is 12.8. The highest BCUT2D eigenvalue weighted by atomic mass is 16.5. The van der Waals surface area contributed by atoms with Crippen LogP contribution in [0.25, 0.3) is 0 Å². The summed E-state index contributed by atoms with van der Waals surface area (Å²) in [5, 5.41) is 9.23. The van der Waals surface area contributed by atoms with Gasteiger partial charge in [0, 0.05) is 0 Å². The first-order chi connectivity index (χ1) is 8.10. The number of hydrogen-bond donors (Lipinski definition) is 1. The van der Waals surface area contributed by atoms with E-state index in [4.69, 9.17) is 4.74 Å². The van der Waals surface area contributed by atoms with Gasteiger partial charge in [-0.25, -0.2) is 0 Å².